The minimum atomic E-state index is -0.526. The van der Waals surface area contributed by atoms with E-state index in [4.69, 9.17) is 9.47 Å². The third-order valence-corrected chi connectivity index (χ3v) is 6.60. The molecule has 7 nitrogen and oxygen atoms in total. The number of hydrogen-bond donors (Lipinski definition) is 0. The fourth-order valence-corrected chi connectivity index (χ4v) is 4.78. The fraction of sp³-hybridized carbons (Fsp3) is 0.423. The summed E-state index contributed by atoms with van der Waals surface area (Å²) in [5.74, 6) is 0.400. The lowest BCUT2D eigenvalue weighted by molar-refractivity contribution is -0.142. The van der Waals surface area contributed by atoms with Crippen LogP contribution >= 0.6 is 0 Å². The van der Waals surface area contributed by atoms with Crippen molar-refractivity contribution in [1.29, 1.82) is 0 Å². The number of hydrogen-bond acceptors (Lipinski definition) is 5. The maximum absolute atomic E-state index is 14.6. The number of carbonyl (C=O) groups is 2. The van der Waals surface area contributed by atoms with Gasteiger partial charge in [0.2, 0.25) is 5.91 Å². The molecule has 8 heteroatoms. The van der Waals surface area contributed by atoms with E-state index >= 15 is 0 Å². The molecule has 34 heavy (non-hydrogen) atoms. The predicted octanol–water partition coefficient (Wildman–Crippen LogP) is 4.17. The molecule has 0 spiro atoms. The van der Waals surface area contributed by atoms with E-state index in [0.29, 0.717) is 34.8 Å². The van der Waals surface area contributed by atoms with Crippen LogP contribution in [0.4, 0.5) is 4.39 Å². The zero-order valence-corrected chi connectivity index (χ0v) is 19.8. The molecule has 0 unspecified atom stereocenters. The van der Waals surface area contributed by atoms with Crippen LogP contribution in [-0.2, 0) is 9.59 Å². The van der Waals surface area contributed by atoms with E-state index in [1.54, 1.807) is 57.7 Å². The molecule has 1 heterocycles. The summed E-state index contributed by atoms with van der Waals surface area (Å²) in [5, 5.41) is 5.90. The Bertz CT molecular complexity index is 1100. The molecule has 0 radical (unpaired) electrons. The van der Waals surface area contributed by atoms with E-state index in [0.717, 1.165) is 25.7 Å². The third-order valence-electron chi connectivity index (χ3n) is 6.60. The van der Waals surface area contributed by atoms with Crippen molar-refractivity contribution in [2.24, 2.45) is 11.0 Å². The lowest BCUT2D eigenvalue weighted by Crippen LogP contribution is -2.41. The Hall–Kier alpha value is -3.42. The van der Waals surface area contributed by atoms with E-state index < -0.39 is 11.9 Å². The van der Waals surface area contributed by atoms with Crippen LogP contribution in [0.2, 0.25) is 0 Å². The Labute approximate surface area is 199 Å². The van der Waals surface area contributed by atoms with Gasteiger partial charge in [0.15, 0.2) is 0 Å². The smallest absolute Gasteiger partial charge is 0.262 e. The molecule has 180 valence electrons. The van der Waals surface area contributed by atoms with Crippen LogP contribution in [0, 0.1) is 11.7 Å². The van der Waals surface area contributed by atoms with Gasteiger partial charge in [-0.25, -0.2) is 9.40 Å². The van der Waals surface area contributed by atoms with E-state index in [-0.39, 0.29) is 24.3 Å². The number of likely N-dealkylation sites (N-methyl/N-ethyl adjacent to an activating group) is 1. The summed E-state index contributed by atoms with van der Waals surface area (Å²) in [6.07, 6.45) is 4.10. The van der Waals surface area contributed by atoms with Crippen LogP contribution < -0.4 is 9.47 Å². The largest absolute Gasteiger partial charge is 0.497 e. The Morgan fingerprint density at radius 3 is 2.53 bits per heavy atom. The molecular weight excluding hydrogens is 437 g/mol. The van der Waals surface area contributed by atoms with E-state index in [1.807, 2.05) is 0 Å². The standard InChI is InChI=1S/C26H30FN3O4/c1-29(26(32)17-8-4-5-9-17)16-25(31)30-23(20-14-18(33-2)12-13-24(20)34-3)15-22(28-30)19-10-6-7-11-21(19)27/h6-7,10-14,17,23H,4-5,8-9,15-16H2,1-3H3/t23-/m0/s1. The van der Waals surface area contributed by atoms with Gasteiger partial charge < -0.3 is 14.4 Å². The first-order valence-electron chi connectivity index (χ1n) is 11.5. The molecule has 2 aromatic rings. The molecule has 4 rings (SSSR count). The van der Waals surface area contributed by atoms with Gasteiger partial charge in [0, 0.05) is 30.5 Å². The van der Waals surface area contributed by atoms with Crippen LogP contribution in [0.1, 0.15) is 49.3 Å². The second-order valence-electron chi connectivity index (χ2n) is 8.77. The zero-order valence-electron chi connectivity index (χ0n) is 19.8. The van der Waals surface area contributed by atoms with Crippen LogP contribution in [0.3, 0.4) is 0 Å². The summed E-state index contributed by atoms with van der Waals surface area (Å²) in [6.45, 7) is -0.105. The Kier molecular flexibility index (Phi) is 7.14. The topological polar surface area (TPSA) is 71.4 Å². The molecule has 2 aromatic carbocycles. The number of rotatable bonds is 7. The van der Waals surface area contributed by atoms with Gasteiger partial charge in [-0.3, -0.25) is 9.59 Å². The van der Waals surface area contributed by atoms with Crippen molar-refractivity contribution in [3.05, 3.63) is 59.4 Å². The second kappa shape index (κ2) is 10.2. The third kappa shape index (κ3) is 4.76. The molecule has 0 aromatic heterocycles. The molecule has 1 fully saturated rings. The van der Waals surface area contributed by atoms with Gasteiger partial charge >= 0.3 is 0 Å². The highest BCUT2D eigenvalue weighted by Gasteiger charge is 2.37. The minimum Gasteiger partial charge on any atom is -0.497 e. The van der Waals surface area contributed by atoms with Crippen molar-refractivity contribution in [2.75, 3.05) is 27.8 Å². The maximum atomic E-state index is 14.6. The van der Waals surface area contributed by atoms with Crippen molar-refractivity contribution in [2.45, 2.75) is 38.1 Å². The fourth-order valence-electron chi connectivity index (χ4n) is 4.78. The number of halogens is 1. The highest BCUT2D eigenvalue weighted by Crippen LogP contribution is 2.39. The average molecular weight is 468 g/mol. The summed E-state index contributed by atoms with van der Waals surface area (Å²) < 4.78 is 25.5. The molecule has 0 saturated heterocycles. The lowest BCUT2D eigenvalue weighted by Gasteiger charge is -2.27. The molecule has 1 saturated carbocycles. The van der Waals surface area contributed by atoms with Gasteiger partial charge in [-0.1, -0.05) is 31.0 Å². The van der Waals surface area contributed by atoms with Crippen LogP contribution in [0.15, 0.2) is 47.6 Å². The number of nitrogens with zero attached hydrogens (tertiary/aromatic N) is 3. The number of benzene rings is 2. The summed E-state index contributed by atoms with van der Waals surface area (Å²) >= 11 is 0. The first kappa shape index (κ1) is 23.7. The van der Waals surface area contributed by atoms with Gasteiger partial charge in [-0.2, -0.15) is 5.10 Å². The normalized spacial score (nSPS) is 18.1. The van der Waals surface area contributed by atoms with Crippen LogP contribution in [0.5, 0.6) is 11.5 Å². The van der Waals surface area contributed by atoms with E-state index in [1.165, 1.54) is 16.0 Å². The number of carbonyl (C=O) groups excluding carboxylic acids is 2. The number of methoxy groups -OCH3 is 2. The summed E-state index contributed by atoms with van der Waals surface area (Å²) in [5.41, 5.74) is 1.52. The lowest BCUT2D eigenvalue weighted by atomic mass is 9.97. The summed E-state index contributed by atoms with van der Waals surface area (Å²) in [4.78, 5) is 27.7. The molecular formula is C26H30FN3O4. The van der Waals surface area contributed by atoms with Gasteiger partial charge in [0.1, 0.15) is 23.9 Å². The Morgan fingerprint density at radius 1 is 1.12 bits per heavy atom. The summed E-state index contributed by atoms with van der Waals surface area (Å²) in [7, 11) is 4.77. The number of amides is 2. The highest BCUT2D eigenvalue weighted by molar-refractivity contribution is 6.03. The first-order valence-corrected chi connectivity index (χ1v) is 11.5. The number of hydrazone groups is 1. The van der Waals surface area contributed by atoms with Gasteiger partial charge in [-0.15, -0.1) is 0 Å². The van der Waals surface area contributed by atoms with E-state index in [9.17, 15) is 14.0 Å². The second-order valence-corrected chi connectivity index (χ2v) is 8.77. The molecule has 0 bridgehead atoms. The zero-order chi connectivity index (χ0) is 24.2. The molecule has 2 amide bonds. The van der Waals surface area contributed by atoms with Crippen LogP contribution in [0.25, 0.3) is 0 Å². The SMILES string of the molecule is COc1ccc(OC)c([C@@H]2CC(c3ccccc3F)=NN2C(=O)CN(C)C(=O)C2CCCC2)c1. The van der Waals surface area contributed by atoms with Crippen molar-refractivity contribution in [3.63, 3.8) is 0 Å². The molecule has 1 aliphatic carbocycles. The number of ether oxygens (including phenoxy) is 2. The Balaban J connectivity index is 1.66. The molecule has 0 N–H and O–H groups in total. The first-order chi connectivity index (χ1) is 16.4. The van der Waals surface area contributed by atoms with Gasteiger partial charge in [0.25, 0.3) is 5.91 Å². The maximum Gasteiger partial charge on any atom is 0.262 e. The molecule has 1 aliphatic heterocycles. The van der Waals surface area contributed by atoms with Gasteiger partial charge in [0.05, 0.1) is 26.0 Å². The molecule has 2 aliphatic rings. The van der Waals surface area contributed by atoms with E-state index in [2.05, 4.69) is 5.10 Å². The highest BCUT2D eigenvalue weighted by atomic mass is 19.1. The van der Waals surface area contributed by atoms with Crippen LogP contribution in [-0.4, -0.2) is 55.2 Å². The Morgan fingerprint density at radius 2 is 1.85 bits per heavy atom. The summed E-state index contributed by atoms with van der Waals surface area (Å²) in [6, 6.07) is 11.2. The quantitative estimate of drug-likeness (QED) is 0.613. The average Bonchev–Trinajstić information content (AvgIpc) is 3.54. The van der Waals surface area contributed by atoms with Crippen molar-refractivity contribution >= 4 is 17.5 Å². The van der Waals surface area contributed by atoms with Crippen molar-refractivity contribution < 1.29 is 23.5 Å². The van der Waals surface area contributed by atoms with Crippen molar-refractivity contribution in [1.82, 2.24) is 9.91 Å². The molecule has 1 atom stereocenters. The van der Waals surface area contributed by atoms with Gasteiger partial charge in [-0.05, 0) is 37.1 Å². The van der Waals surface area contributed by atoms with Crippen molar-refractivity contribution in [3.8, 4) is 11.5 Å². The monoisotopic (exact) mass is 467 g/mol. The minimum absolute atomic E-state index is 0.0149. The predicted molar refractivity (Wildman–Crippen MR) is 126 cm³/mol.